The van der Waals surface area contributed by atoms with Gasteiger partial charge in [-0.3, -0.25) is 14.7 Å². The van der Waals surface area contributed by atoms with Gasteiger partial charge in [-0.25, -0.2) is 9.78 Å². The van der Waals surface area contributed by atoms with Crippen LogP contribution in [0.15, 0.2) is 42.6 Å². The number of fused-ring (bicyclic) bond motifs is 2. The largest absolute Gasteiger partial charge is 0.486 e. The fourth-order valence-electron chi connectivity index (χ4n) is 4.95. The molecule has 3 aromatic rings. The standard InChI is InChI=1S/C26H27N5O6/c1-34-23-5-3-18-24(29-23)19(6-8-27-18)30-9-7-16(14-30)13-28-25(32)22-15-31(26(33)37-22)17-2-4-20-21(12-17)36-11-10-35-20/h2-6,8,12,16,22H,7,9-11,13-15H2,1H3,(H,28,32)/t16-,22-/m0/s1. The van der Waals surface area contributed by atoms with E-state index < -0.39 is 12.2 Å². The van der Waals surface area contributed by atoms with Crippen molar-refractivity contribution in [3.8, 4) is 17.4 Å². The maximum atomic E-state index is 12.8. The molecule has 2 aromatic heterocycles. The number of nitrogens with zero attached hydrogens (tertiary/aromatic N) is 4. The third kappa shape index (κ3) is 4.52. The van der Waals surface area contributed by atoms with E-state index in [2.05, 4.69) is 20.2 Å². The van der Waals surface area contributed by atoms with Gasteiger partial charge < -0.3 is 29.2 Å². The van der Waals surface area contributed by atoms with E-state index in [1.54, 1.807) is 37.6 Å². The van der Waals surface area contributed by atoms with Crippen molar-refractivity contribution in [2.45, 2.75) is 12.5 Å². The lowest BCUT2D eigenvalue weighted by molar-refractivity contribution is -0.127. The Morgan fingerprint density at radius 1 is 1.14 bits per heavy atom. The first kappa shape index (κ1) is 23.1. The van der Waals surface area contributed by atoms with Crippen LogP contribution in [0.2, 0.25) is 0 Å². The van der Waals surface area contributed by atoms with Gasteiger partial charge in [0.15, 0.2) is 17.6 Å². The van der Waals surface area contributed by atoms with E-state index in [0.29, 0.717) is 42.8 Å². The molecule has 192 valence electrons. The first-order chi connectivity index (χ1) is 18.1. The third-order valence-corrected chi connectivity index (χ3v) is 6.88. The van der Waals surface area contributed by atoms with Crippen LogP contribution in [0.25, 0.3) is 11.0 Å². The Balaban J connectivity index is 1.06. The Morgan fingerprint density at radius 2 is 2.00 bits per heavy atom. The number of methoxy groups -OCH3 is 1. The topological polar surface area (TPSA) is 115 Å². The summed E-state index contributed by atoms with van der Waals surface area (Å²) in [6.45, 7) is 3.18. The van der Waals surface area contributed by atoms with Crippen LogP contribution in [0.5, 0.6) is 17.4 Å². The first-order valence-corrected chi connectivity index (χ1v) is 12.3. The van der Waals surface area contributed by atoms with Crippen molar-refractivity contribution < 1.29 is 28.5 Å². The van der Waals surface area contributed by atoms with Crippen molar-refractivity contribution in [2.24, 2.45) is 5.92 Å². The summed E-state index contributed by atoms with van der Waals surface area (Å²) in [7, 11) is 1.59. The maximum absolute atomic E-state index is 12.8. The van der Waals surface area contributed by atoms with Crippen LogP contribution >= 0.6 is 0 Å². The predicted octanol–water partition coefficient (Wildman–Crippen LogP) is 2.38. The number of rotatable bonds is 6. The molecule has 0 unspecified atom stereocenters. The molecule has 2 saturated heterocycles. The van der Waals surface area contributed by atoms with E-state index >= 15 is 0 Å². The minimum atomic E-state index is -0.876. The molecule has 0 saturated carbocycles. The lowest BCUT2D eigenvalue weighted by Gasteiger charge is -2.21. The number of carbonyl (C=O) groups excluding carboxylic acids is 2. The Kier molecular flexibility index (Phi) is 6.03. The van der Waals surface area contributed by atoms with Gasteiger partial charge in [0.1, 0.15) is 18.7 Å². The summed E-state index contributed by atoms with van der Waals surface area (Å²) in [5, 5.41) is 2.97. The number of hydrogen-bond donors (Lipinski definition) is 1. The average molecular weight is 506 g/mol. The number of anilines is 2. The van der Waals surface area contributed by atoms with Crippen LogP contribution in [0.1, 0.15) is 6.42 Å². The maximum Gasteiger partial charge on any atom is 0.415 e. The fraction of sp³-hybridized carbons (Fsp3) is 0.385. The molecule has 2 amide bonds. The van der Waals surface area contributed by atoms with Crippen molar-refractivity contribution in [1.82, 2.24) is 15.3 Å². The Labute approximate surface area is 213 Å². The van der Waals surface area contributed by atoms with Crippen molar-refractivity contribution in [3.05, 3.63) is 42.6 Å². The highest BCUT2D eigenvalue weighted by atomic mass is 16.6. The van der Waals surface area contributed by atoms with Gasteiger partial charge in [-0.2, -0.15) is 0 Å². The van der Waals surface area contributed by atoms with E-state index in [0.717, 1.165) is 36.2 Å². The molecule has 5 heterocycles. The summed E-state index contributed by atoms with van der Waals surface area (Å²) in [5.41, 5.74) is 3.20. The van der Waals surface area contributed by atoms with Gasteiger partial charge in [-0.05, 0) is 36.6 Å². The Bertz CT molecular complexity index is 1350. The van der Waals surface area contributed by atoms with Gasteiger partial charge >= 0.3 is 6.09 Å². The second-order valence-electron chi connectivity index (χ2n) is 9.21. The minimum Gasteiger partial charge on any atom is -0.486 e. The molecule has 11 heteroatoms. The average Bonchev–Trinajstić information content (AvgIpc) is 3.57. The SMILES string of the molecule is COc1ccc2nccc(N3CC[C@@H](CNC(=O)[C@@H]4CN(c5ccc6c(c5)OCCO6)C(=O)O4)C3)c2n1. The van der Waals surface area contributed by atoms with Crippen molar-refractivity contribution in [3.63, 3.8) is 0 Å². The lowest BCUT2D eigenvalue weighted by atomic mass is 10.1. The number of aromatic nitrogens is 2. The molecule has 3 aliphatic heterocycles. The van der Waals surface area contributed by atoms with Gasteiger partial charge in [0.2, 0.25) is 5.88 Å². The summed E-state index contributed by atoms with van der Waals surface area (Å²) in [6.07, 6.45) is 1.26. The second-order valence-corrected chi connectivity index (χ2v) is 9.21. The molecule has 0 bridgehead atoms. The quantitative estimate of drug-likeness (QED) is 0.539. The zero-order valence-corrected chi connectivity index (χ0v) is 20.4. The first-order valence-electron chi connectivity index (χ1n) is 12.3. The molecule has 1 N–H and O–H groups in total. The highest BCUT2D eigenvalue weighted by Crippen LogP contribution is 2.35. The van der Waals surface area contributed by atoms with E-state index in [4.69, 9.17) is 18.9 Å². The van der Waals surface area contributed by atoms with E-state index in [1.165, 1.54) is 4.90 Å². The summed E-state index contributed by atoms with van der Waals surface area (Å²) in [4.78, 5) is 38.0. The number of ether oxygens (including phenoxy) is 4. The minimum absolute atomic E-state index is 0.137. The molecule has 11 nitrogen and oxygen atoms in total. The van der Waals surface area contributed by atoms with Crippen LogP contribution in [-0.4, -0.2) is 74.6 Å². The second kappa shape index (κ2) is 9.64. The number of amides is 2. The third-order valence-electron chi connectivity index (χ3n) is 6.88. The summed E-state index contributed by atoms with van der Waals surface area (Å²) in [5.74, 6) is 1.71. The number of hydrogen-bond acceptors (Lipinski definition) is 9. The van der Waals surface area contributed by atoms with E-state index in [1.807, 2.05) is 12.1 Å². The smallest absolute Gasteiger partial charge is 0.415 e. The zero-order chi connectivity index (χ0) is 25.4. The summed E-state index contributed by atoms with van der Waals surface area (Å²) >= 11 is 0. The molecule has 2 fully saturated rings. The number of cyclic esters (lactones) is 1. The van der Waals surface area contributed by atoms with Gasteiger partial charge in [0.05, 0.1) is 30.5 Å². The number of carbonyl (C=O) groups is 2. The molecule has 2 atom stereocenters. The fourth-order valence-corrected chi connectivity index (χ4v) is 4.95. The Morgan fingerprint density at radius 3 is 2.86 bits per heavy atom. The molecule has 37 heavy (non-hydrogen) atoms. The summed E-state index contributed by atoms with van der Waals surface area (Å²) < 4.78 is 21.8. The lowest BCUT2D eigenvalue weighted by Crippen LogP contribution is -2.40. The molecular formula is C26H27N5O6. The van der Waals surface area contributed by atoms with Crippen LogP contribution in [-0.2, 0) is 9.53 Å². The molecule has 6 rings (SSSR count). The van der Waals surface area contributed by atoms with Gasteiger partial charge in [0, 0.05) is 38.0 Å². The molecule has 0 aliphatic carbocycles. The van der Waals surface area contributed by atoms with Crippen molar-refractivity contribution in [2.75, 3.05) is 56.3 Å². The molecule has 0 spiro atoms. The molecule has 0 radical (unpaired) electrons. The van der Waals surface area contributed by atoms with Crippen molar-refractivity contribution in [1.29, 1.82) is 0 Å². The number of benzene rings is 1. The van der Waals surface area contributed by atoms with Gasteiger partial charge in [-0.1, -0.05) is 0 Å². The number of nitrogens with one attached hydrogen (secondary N) is 1. The van der Waals surface area contributed by atoms with Gasteiger partial charge in [0.25, 0.3) is 5.91 Å². The van der Waals surface area contributed by atoms with E-state index in [-0.39, 0.29) is 18.4 Å². The highest BCUT2D eigenvalue weighted by molar-refractivity contribution is 5.96. The van der Waals surface area contributed by atoms with Gasteiger partial charge in [-0.15, -0.1) is 0 Å². The molecule has 1 aromatic carbocycles. The summed E-state index contributed by atoms with van der Waals surface area (Å²) in [6, 6.07) is 10.9. The van der Waals surface area contributed by atoms with Crippen LogP contribution in [0.3, 0.4) is 0 Å². The van der Waals surface area contributed by atoms with E-state index in [9.17, 15) is 9.59 Å². The monoisotopic (exact) mass is 505 g/mol. The highest BCUT2D eigenvalue weighted by Gasteiger charge is 2.38. The van der Waals surface area contributed by atoms with Crippen molar-refractivity contribution >= 4 is 34.4 Å². The number of pyridine rings is 2. The molecular weight excluding hydrogens is 478 g/mol. The van der Waals surface area contributed by atoms with Crippen LogP contribution in [0, 0.1) is 5.92 Å². The molecule has 3 aliphatic rings. The van der Waals surface area contributed by atoms with Crippen LogP contribution < -0.4 is 29.3 Å². The zero-order valence-electron chi connectivity index (χ0n) is 20.4. The predicted molar refractivity (Wildman–Crippen MR) is 134 cm³/mol. The Hall–Kier alpha value is -4.28. The normalized spacial score (nSPS) is 20.7. The van der Waals surface area contributed by atoms with Crippen LogP contribution in [0.4, 0.5) is 16.2 Å².